The van der Waals surface area contributed by atoms with E-state index in [1.807, 2.05) is 11.6 Å². The van der Waals surface area contributed by atoms with Crippen molar-refractivity contribution in [1.29, 1.82) is 0 Å². The van der Waals surface area contributed by atoms with E-state index in [0.29, 0.717) is 5.69 Å². The van der Waals surface area contributed by atoms with Crippen molar-refractivity contribution in [3.05, 3.63) is 11.4 Å². The van der Waals surface area contributed by atoms with Crippen LogP contribution in [0.5, 0.6) is 0 Å². The summed E-state index contributed by atoms with van der Waals surface area (Å²) in [5, 5.41) is 8.07. The van der Waals surface area contributed by atoms with Crippen LogP contribution in [0.1, 0.15) is 44.2 Å². The predicted molar refractivity (Wildman–Crippen MR) is 66.2 cm³/mol. The Hall–Kier alpha value is -1.01. The molecule has 16 heavy (non-hydrogen) atoms. The average molecular weight is 242 g/mol. The smallest absolute Gasteiger partial charge is 0.145 e. The van der Waals surface area contributed by atoms with Gasteiger partial charge in [0.2, 0.25) is 0 Å². The molecule has 0 bridgehead atoms. The number of hydrogen-bond acceptors (Lipinski definition) is 4. The normalized spacial score (nSPS) is 12.7. The van der Waals surface area contributed by atoms with Crippen LogP contribution in [0.25, 0.3) is 0 Å². The van der Waals surface area contributed by atoms with Gasteiger partial charge in [-0.2, -0.15) is 0 Å². The highest BCUT2D eigenvalue weighted by Crippen LogP contribution is 2.19. The first-order valence-corrected chi connectivity index (χ1v) is 5.78. The van der Waals surface area contributed by atoms with Crippen LogP contribution in [0.4, 0.5) is 0 Å². The van der Waals surface area contributed by atoms with Gasteiger partial charge in [0.1, 0.15) is 10.7 Å². The van der Waals surface area contributed by atoms with Crippen molar-refractivity contribution >= 4 is 17.2 Å². The topological polar surface area (TPSA) is 66.0 Å². The Labute approximate surface area is 101 Å². The lowest BCUT2D eigenvalue weighted by atomic mass is 10.2. The maximum atomic E-state index is 5.61. The molecule has 1 unspecified atom stereocenters. The summed E-state index contributed by atoms with van der Waals surface area (Å²) in [5.41, 5.74) is 7.04. The lowest BCUT2D eigenvalue weighted by Crippen LogP contribution is -2.16. The molecule has 0 fully saturated rings. The van der Waals surface area contributed by atoms with Gasteiger partial charge < -0.3 is 10.5 Å². The zero-order valence-corrected chi connectivity index (χ0v) is 10.8. The van der Waals surface area contributed by atoms with Gasteiger partial charge in [-0.1, -0.05) is 30.8 Å². The van der Waals surface area contributed by atoms with Crippen LogP contribution in [0.15, 0.2) is 0 Å². The first kappa shape index (κ1) is 13.1. The fourth-order valence-corrected chi connectivity index (χ4v) is 1.63. The highest BCUT2D eigenvalue weighted by Gasteiger charge is 2.20. The van der Waals surface area contributed by atoms with Crippen molar-refractivity contribution in [1.82, 2.24) is 15.0 Å². The Balaban J connectivity index is 3.04. The minimum Gasteiger partial charge on any atom is -0.388 e. The molecular weight excluding hydrogens is 224 g/mol. The Morgan fingerprint density at radius 3 is 2.81 bits per heavy atom. The van der Waals surface area contributed by atoms with Gasteiger partial charge >= 0.3 is 0 Å². The molecule has 0 aliphatic carbocycles. The van der Waals surface area contributed by atoms with Crippen molar-refractivity contribution in [3.63, 3.8) is 0 Å². The molecule has 0 amide bonds. The lowest BCUT2D eigenvalue weighted by Gasteiger charge is -2.12. The summed E-state index contributed by atoms with van der Waals surface area (Å²) in [6.07, 6.45) is 2.04. The van der Waals surface area contributed by atoms with Crippen molar-refractivity contribution in [3.8, 4) is 0 Å². The predicted octanol–water partition coefficient (Wildman–Crippen LogP) is 1.42. The van der Waals surface area contributed by atoms with Gasteiger partial charge in [-0.25, -0.2) is 4.68 Å². The van der Waals surface area contributed by atoms with E-state index in [9.17, 15) is 0 Å². The third kappa shape index (κ3) is 2.76. The summed E-state index contributed by atoms with van der Waals surface area (Å²) in [7, 11) is 1.64. The van der Waals surface area contributed by atoms with E-state index in [2.05, 4.69) is 17.2 Å². The average Bonchev–Trinajstić information content (AvgIpc) is 2.69. The third-order valence-electron chi connectivity index (χ3n) is 2.47. The molecule has 1 heterocycles. The molecule has 0 aromatic carbocycles. The molecule has 1 atom stereocenters. The molecule has 0 aliphatic heterocycles. The Morgan fingerprint density at radius 2 is 2.31 bits per heavy atom. The number of aryl methyl sites for hydroxylation is 1. The van der Waals surface area contributed by atoms with E-state index in [4.69, 9.17) is 22.7 Å². The van der Waals surface area contributed by atoms with Gasteiger partial charge in [0.15, 0.2) is 0 Å². The highest BCUT2D eigenvalue weighted by molar-refractivity contribution is 7.80. The number of rotatable bonds is 6. The molecule has 90 valence electrons. The van der Waals surface area contributed by atoms with Crippen molar-refractivity contribution in [2.24, 2.45) is 5.73 Å². The van der Waals surface area contributed by atoms with Crippen LogP contribution >= 0.6 is 12.2 Å². The summed E-state index contributed by atoms with van der Waals surface area (Å²) < 4.78 is 7.12. The molecule has 1 aromatic rings. The second-order valence-corrected chi connectivity index (χ2v) is 4.08. The van der Waals surface area contributed by atoms with Gasteiger partial charge in [-0.3, -0.25) is 0 Å². The molecule has 5 nitrogen and oxygen atoms in total. The van der Waals surface area contributed by atoms with Crippen LogP contribution in [-0.2, 0) is 11.3 Å². The molecule has 0 aliphatic rings. The van der Waals surface area contributed by atoms with Crippen molar-refractivity contribution in [2.75, 3.05) is 7.11 Å². The number of ether oxygens (including phenoxy) is 1. The first-order chi connectivity index (χ1) is 7.61. The summed E-state index contributed by atoms with van der Waals surface area (Å²) in [6.45, 7) is 4.88. The number of thiocarbonyl (C=S) groups is 1. The maximum absolute atomic E-state index is 5.61. The molecule has 1 aromatic heterocycles. The Bertz CT molecular complexity index is 364. The number of nitrogens with two attached hydrogens (primary N) is 1. The zero-order chi connectivity index (χ0) is 12.1. The second kappa shape index (κ2) is 5.91. The van der Waals surface area contributed by atoms with E-state index in [1.54, 1.807) is 7.11 Å². The van der Waals surface area contributed by atoms with Crippen molar-refractivity contribution < 1.29 is 4.74 Å². The van der Waals surface area contributed by atoms with E-state index in [-0.39, 0.29) is 11.1 Å². The molecule has 0 radical (unpaired) electrons. The quantitative estimate of drug-likeness (QED) is 0.764. The summed E-state index contributed by atoms with van der Waals surface area (Å²) >= 11 is 4.95. The molecule has 1 rings (SSSR count). The third-order valence-corrected chi connectivity index (χ3v) is 2.66. The summed E-state index contributed by atoms with van der Waals surface area (Å²) in [6, 6.07) is 0. The molecule has 2 N–H and O–H groups in total. The van der Waals surface area contributed by atoms with Crippen LogP contribution < -0.4 is 5.73 Å². The number of unbranched alkanes of at least 4 members (excludes halogenated alkanes) is 1. The van der Waals surface area contributed by atoms with Gasteiger partial charge in [-0.05, 0) is 13.3 Å². The second-order valence-electron chi connectivity index (χ2n) is 3.64. The van der Waals surface area contributed by atoms with E-state index in [1.165, 1.54) is 0 Å². The lowest BCUT2D eigenvalue weighted by molar-refractivity contribution is 0.111. The van der Waals surface area contributed by atoms with Crippen LogP contribution in [0.3, 0.4) is 0 Å². The molecule has 0 saturated carbocycles. The fraction of sp³-hybridized carbons (Fsp3) is 0.700. The maximum Gasteiger partial charge on any atom is 0.145 e. The fourth-order valence-electron chi connectivity index (χ4n) is 1.48. The number of methoxy groups -OCH3 is 1. The minimum atomic E-state index is -0.108. The van der Waals surface area contributed by atoms with E-state index < -0.39 is 0 Å². The monoisotopic (exact) mass is 242 g/mol. The number of hydrogen-bond donors (Lipinski definition) is 1. The minimum absolute atomic E-state index is 0.108. The van der Waals surface area contributed by atoms with Crippen LogP contribution in [0.2, 0.25) is 0 Å². The van der Waals surface area contributed by atoms with Gasteiger partial charge in [-0.15, -0.1) is 5.10 Å². The van der Waals surface area contributed by atoms with E-state index in [0.717, 1.165) is 25.1 Å². The summed E-state index contributed by atoms with van der Waals surface area (Å²) in [4.78, 5) is 0.265. The van der Waals surface area contributed by atoms with Gasteiger partial charge in [0.25, 0.3) is 0 Å². The van der Waals surface area contributed by atoms with Gasteiger partial charge in [0, 0.05) is 13.7 Å². The number of aromatic nitrogens is 3. The standard InChI is InChI=1S/C10H18N4OS/c1-4-5-6-14-9(7(2)15-3)8(10(11)16)12-13-14/h7H,4-6H2,1-3H3,(H2,11,16). The first-order valence-electron chi connectivity index (χ1n) is 5.37. The van der Waals surface area contributed by atoms with Crippen molar-refractivity contribution in [2.45, 2.75) is 39.3 Å². The molecule has 0 saturated heterocycles. The Kier molecular flexibility index (Phi) is 4.82. The molecule has 6 heteroatoms. The SMILES string of the molecule is CCCCn1nnc(C(N)=S)c1C(C)OC. The van der Waals surface area contributed by atoms with Gasteiger partial charge in [0.05, 0.1) is 11.8 Å². The zero-order valence-electron chi connectivity index (χ0n) is 9.93. The van der Waals surface area contributed by atoms with E-state index >= 15 is 0 Å². The molecular formula is C10H18N4OS. The van der Waals surface area contributed by atoms with Crippen LogP contribution in [0, 0.1) is 0 Å². The number of nitrogens with zero attached hydrogens (tertiary/aromatic N) is 3. The summed E-state index contributed by atoms with van der Waals surface area (Å²) in [5.74, 6) is 0. The largest absolute Gasteiger partial charge is 0.388 e. The molecule has 0 spiro atoms. The van der Waals surface area contributed by atoms with Crippen LogP contribution in [-0.4, -0.2) is 27.1 Å². The Morgan fingerprint density at radius 1 is 1.62 bits per heavy atom. The highest BCUT2D eigenvalue weighted by atomic mass is 32.1.